The first-order valence-corrected chi connectivity index (χ1v) is 9.01. The second-order valence-corrected chi connectivity index (χ2v) is 7.39. The number of benzene rings is 1. The number of methoxy groups -OCH3 is 1. The lowest BCUT2D eigenvalue weighted by Gasteiger charge is -2.20. The third-order valence-electron chi connectivity index (χ3n) is 4.16. The van der Waals surface area contributed by atoms with Gasteiger partial charge in [-0.25, -0.2) is 4.79 Å². The molecule has 0 saturated carbocycles. The van der Waals surface area contributed by atoms with Crippen molar-refractivity contribution in [2.75, 3.05) is 7.11 Å². The molecule has 0 spiro atoms. The van der Waals surface area contributed by atoms with E-state index in [1.807, 2.05) is 24.6 Å². The highest BCUT2D eigenvalue weighted by atomic mass is 79.9. The topological polar surface area (TPSA) is 80.6 Å². The van der Waals surface area contributed by atoms with Crippen LogP contribution in [0.3, 0.4) is 0 Å². The summed E-state index contributed by atoms with van der Waals surface area (Å²) in [7, 11) is 1.27. The number of phenolic OH excluding ortho intramolecular Hbond substituents is 1. The number of esters is 1. The number of phenols is 1. The maximum absolute atomic E-state index is 12.8. The van der Waals surface area contributed by atoms with Crippen molar-refractivity contribution in [3.05, 3.63) is 51.3 Å². The van der Waals surface area contributed by atoms with Crippen LogP contribution in [0.4, 0.5) is 0 Å². The SMILES string of the molecule is COC(=O)[C@H](NC(=O)c1cc(Br)cn1C(C)C)c1cc(C)c(O)c(C)c1. The number of aryl methyl sites for hydroxylation is 2. The van der Waals surface area contributed by atoms with Crippen LogP contribution in [0.25, 0.3) is 0 Å². The predicted octanol–water partition coefficient (Wildman–Crippen LogP) is 3.80. The Kier molecular flexibility index (Phi) is 6.13. The van der Waals surface area contributed by atoms with Crippen LogP contribution in [0, 0.1) is 13.8 Å². The summed E-state index contributed by atoms with van der Waals surface area (Å²) < 4.78 is 7.46. The third-order valence-corrected chi connectivity index (χ3v) is 4.60. The molecule has 0 aliphatic heterocycles. The van der Waals surface area contributed by atoms with Gasteiger partial charge in [-0.3, -0.25) is 4.79 Å². The number of hydrogen-bond donors (Lipinski definition) is 2. The number of amides is 1. The molecule has 2 rings (SSSR count). The maximum Gasteiger partial charge on any atom is 0.333 e. The average Bonchev–Trinajstić information content (AvgIpc) is 2.98. The van der Waals surface area contributed by atoms with E-state index < -0.39 is 12.0 Å². The summed E-state index contributed by atoms with van der Waals surface area (Å²) >= 11 is 3.38. The molecule has 0 saturated heterocycles. The molecule has 1 amide bonds. The number of halogens is 1. The van der Waals surface area contributed by atoms with Gasteiger partial charge in [-0.1, -0.05) is 0 Å². The molecule has 1 heterocycles. The van der Waals surface area contributed by atoms with E-state index in [2.05, 4.69) is 21.2 Å². The summed E-state index contributed by atoms with van der Waals surface area (Å²) in [5, 5.41) is 12.7. The van der Waals surface area contributed by atoms with Crippen LogP contribution in [0.5, 0.6) is 5.75 Å². The van der Waals surface area contributed by atoms with E-state index >= 15 is 0 Å². The molecule has 0 unspecified atom stereocenters. The zero-order chi connectivity index (χ0) is 19.6. The molecule has 1 atom stereocenters. The predicted molar refractivity (Wildman–Crippen MR) is 102 cm³/mol. The first-order valence-electron chi connectivity index (χ1n) is 8.21. The molecule has 1 aromatic heterocycles. The van der Waals surface area contributed by atoms with E-state index in [1.165, 1.54) is 7.11 Å². The molecule has 0 aliphatic rings. The van der Waals surface area contributed by atoms with Gasteiger partial charge in [0.1, 0.15) is 11.4 Å². The van der Waals surface area contributed by atoms with Gasteiger partial charge in [-0.15, -0.1) is 0 Å². The first kappa shape index (κ1) is 20.0. The number of aromatic hydroxyl groups is 1. The Hall–Kier alpha value is -2.28. The Morgan fingerprint density at radius 1 is 1.19 bits per heavy atom. The van der Waals surface area contributed by atoms with E-state index in [4.69, 9.17) is 4.74 Å². The highest BCUT2D eigenvalue weighted by molar-refractivity contribution is 9.10. The third kappa shape index (κ3) is 4.09. The number of rotatable bonds is 5. The number of nitrogens with one attached hydrogen (secondary N) is 1. The number of carbonyl (C=O) groups is 2. The molecule has 2 aromatic rings. The van der Waals surface area contributed by atoms with Crippen molar-refractivity contribution >= 4 is 27.8 Å². The van der Waals surface area contributed by atoms with Gasteiger partial charge in [0.05, 0.1) is 7.11 Å². The summed E-state index contributed by atoms with van der Waals surface area (Å²) in [5.41, 5.74) is 2.24. The lowest BCUT2D eigenvalue weighted by molar-refractivity contribution is -0.143. The largest absolute Gasteiger partial charge is 0.507 e. The minimum absolute atomic E-state index is 0.0804. The normalized spacial score (nSPS) is 12.1. The number of nitrogens with zero attached hydrogens (tertiary/aromatic N) is 1. The zero-order valence-corrected chi connectivity index (χ0v) is 17.0. The van der Waals surface area contributed by atoms with Gasteiger partial charge in [0, 0.05) is 16.7 Å². The minimum atomic E-state index is -0.972. The Morgan fingerprint density at radius 3 is 2.27 bits per heavy atom. The van der Waals surface area contributed by atoms with Crippen molar-refractivity contribution in [2.45, 2.75) is 39.8 Å². The van der Waals surface area contributed by atoms with E-state index in [9.17, 15) is 14.7 Å². The van der Waals surface area contributed by atoms with Crippen LogP contribution in [0.2, 0.25) is 0 Å². The second-order valence-electron chi connectivity index (χ2n) is 6.48. The van der Waals surface area contributed by atoms with E-state index in [0.29, 0.717) is 22.4 Å². The fourth-order valence-electron chi connectivity index (χ4n) is 2.81. The van der Waals surface area contributed by atoms with Gasteiger partial charge in [-0.2, -0.15) is 0 Å². The van der Waals surface area contributed by atoms with Gasteiger partial charge >= 0.3 is 5.97 Å². The fourth-order valence-corrected chi connectivity index (χ4v) is 3.25. The van der Waals surface area contributed by atoms with Crippen molar-refractivity contribution in [2.24, 2.45) is 0 Å². The Bertz CT molecular complexity index is 819. The van der Waals surface area contributed by atoms with Crippen molar-refractivity contribution in [1.29, 1.82) is 0 Å². The lowest BCUT2D eigenvalue weighted by atomic mass is 10.00. The Labute approximate surface area is 161 Å². The fraction of sp³-hybridized carbons (Fsp3) is 0.368. The van der Waals surface area contributed by atoms with Crippen LogP contribution in [0.15, 0.2) is 28.9 Å². The standard InChI is InChI=1S/C19H23BrN2O4/c1-10(2)22-9-14(20)8-15(22)18(24)21-16(19(25)26-5)13-6-11(3)17(23)12(4)7-13/h6-10,16,23H,1-5H3,(H,21,24)/t16-/m1/s1. The van der Waals surface area contributed by atoms with Crippen molar-refractivity contribution in [3.63, 3.8) is 0 Å². The second kappa shape index (κ2) is 7.95. The lowest BCUT2D eigenvalue weighted by Crippen LogP contribution is -2.35. The van der Waals surface area contributed by atoms with Crippen molar-refractivity contribution in [3.8, 4) is 5.75 Å². The molecule has 1 aromatic carbocycles. The summed E-state index contributed by atoms with van der Waals surface area (Å²) in [6.45, 7) is 7.41. The van der Waals surface area contributed by atoms with Gasteiger partial charge in [0.25, 0.3) is 5.91 Å². The van der Waals surface area contributed by atoms with Crippen molar-refractivity contribution in [1.82, 2.24) is 9.88 Å². The van der Waals surface area contributed by atoms with Crippen LogP contribution < -0.4 is 5.32 Å². The molecular formula is C19H23BrN2O4. The van der Waals surface area contributed by atoms with Gasteiger partial charge in [0.2, 0.25) is 0 Å². The first-order chi connectivity index (χ1) is 12.1. The van der Waals surface area contributed by atoms with Gasteiger partial charge in [0.15, 0.2) is 6.04 Å². The Morgan fingerprint density at radius 2 is 1.77 bits per heavy atom. The monoisotopic (exact) mass is 422 g/mol. The van der Waals surface area contributed by atoms with Crippen LogP contribution >= 0.6 is 15.9 Å². The van der Waals surface area contributed by atoms with E-state index in [-0.39, 0.29) is 17.7 Å². The average molecular weight is 423 g/mol. The number of hydrogen-bond acceptors (Lipinski definition) is 4. The number of aromatic nitrogens is 1. The molecule has 6 nitrogen and oxygen atoms in total. The molecule has 0 bridgehead atoms. The quantitative estimate of drug-likeness (QED) is 0.717. The molecule has 0 aliphatic carbocycles. The smallest absolute Gasteiger partial charge is 0.333 e. The van der Waals surface area contributed by atoms with Crippen LogP contribution in [-0.2, 0) is 9.53 Å². The molecule has 26 heavy (non-hydrogen) atoms. The van der Waals surface area contributed by atoms with Crippen LogP contribution in [-0.4, -0.2) is 28.7 Å². The molecule has 2 N–H and O–H groups in total. The molecular weight excluding hydrogens is 400 g/mol. The Balaban J connectivity index is 2.41. The summed E-state index contributed by atoms with van der Waals surface area (Å²) in [4.78, 5) is 25.1. The maximum atomic E-state index is 12.8. The van der Waals surface area contributed by atoms with Gasteiger partial charge < -0.3 is 19.7 Å². The zero-order valence-electron chi connectivity index (χ0n) is 15.5. The molecule has 0 fully saturated rings. The number of ether oxygens (including phenoxy) is 1. The molecule has 140 valence electrons. The molecule has 0 radical (unpaired) electrons. The highest BCUT2D eigenvalue weighted by Crippen LogP contribution is 2.27. The van der Waals surface area contributed by atoms with Gasteiger partial charge in [-0.05, 0) is 78.5 Å². The highest BCUT2D eigenvalue weighted by Gasteiger charge is 2.27. The summed E-state index contributed by atoms with van der Waals surface area (Å²) in [6.07, 6.45) is 1.82. The van der Waals surface area contributed by atoms with Crippen molar-refractivity contribution < 1.29 is 19.4 Å². The van der Waals surface area contributed by atoms with Crippen LogP contribution in [0.1, 0.15) is 53.1 Å². The molecule has 7 heteroatoms. The number of carbonyl (C=O) groups excluding carboxylic acids is 2. The minimum Gasteiger partial charge on any atom is -0.507 e. The van der Waals surface area contributed by atoms with E-state index in [0.717, 1.165) is 4.47 Å². The summed E-state index contributed by atoms with van der Waals surface area (Å²) in [5.74, 6) is -0.797. The summed E-state index contributed by atoms with van der Waals surface area (Å²) in [6, 6.07) is 4.15. The van der Waals surface area contributed by atoms with E-state index in [1.54, 1.807) is 32.0 Å².